The Balaban J connectivity index is 5.26. The summed E-state index contributed by atoms with van der Waals surface area (Å²) in [6, 6.07) is -8.94. The molecule has 0 radical (unpaired) electrons. The van der Waals surface area contributed by atoms with Crippen molar-refractivity contribution < 1.29 is 63.3 Å². The van der Waals surface area contributed by atoms with Gasteiger partial charge in [-0.25, -0.2) is 4.79 Å². The molecule has 0 spiro atoms. The van der Waals surface area contributed by atoms with Gasteiger partial charge in [-0.05, 0) is 32.7 Å². The summed E-state index contributed by atoms with van der Waals surface area (Å²) in [5.41, 5.74) is 21.1. The van der Waals surface area contributed by atoms with Gasteiger partial charge in [0.1, 0.15) is 30.2 Å². The fourth-order valence-electron chi connectivity index (χ4n) is 3.86. The van der Waals surface area contributed by atoms with Crippen molar-refractivity contribution in [2.45, 2.75) is 75.3 Å². The van der Waals surface area contributed by atoms with Crippen LogP contribution in [0.2, 0.25) is 0 Å². The third-order valence-electron chi connectivity index (χ3n) is 6.57. The van der Waals surface area contributed by atoms with E-state index in [0.717, 1.165) is 0 Å². The lowest BCUT2D eigenvalue weighted by molar-refractivity contribution is -0.144. The van der Waals surface area contributed by atoms with Crippen molar-refractivity contribution in [1.29, 1.82) is 0 Å². The average Bonchev–Trinajstić information content (AvgIpc) is 3.05. The second-order valence-corrected chi connectivity index (χ2v) is 11.0. The monoisotopic (exact) mass is 733 g/mol. The van der Waals surface area contributed by atoms with E-state index in [-0.39, 0.29) is 6.42 Å². The minimum Gasteiger partial charge on any atom is -0.480 e. The molecule has 51 heavy (non-hydrogen) atoms. The molecule has 288 valence electrons. The molecule has 24 heteroatoms. The molecule has 9 amide bonds. The maximum atomic E-state index is 12.9. The average molecular weight is 734 g/mol. The Morgan fingerprint density at radius 3 is 1.51 bits per heavy atom. The summed E-state index contributed by atoms with van der Waals surface area (Å²) in [6.07, 6.45) is -0.522. The van der Waals surface area contributed by atoms with Crippen LogP contribution in [0.15, 0.2) is 0 Å². The lowest BCUT2D eigenvalue weighted by Crippen LogP contribution is -2.59. The lowest BCUT2D eigenvalue weighted by Gasteiger charge is -2.24. The van der Waals surface area contributed by atoms with E-state index in [1.807, 2.05) is 10.6 Å². The van der Waals surface area contributed by atoms with Crippen molar-refractivity contribution in [3.63, 3.8) is 0 Å². The van der Waals surface area contributed by atoms with Crippen LogP contribution in [0.25, 0.3) is 0 Å². The van der Waals surface area contributed by atoms with E-state index < -0.39 is 135 Å². The topological polar surface area (TPSA) is 420 Å². The molecule has 0 aromatic rings. The molecule has 0 aromatic carbocycles. The highest BCUT2D eigenvalue weighted by atomic mass is 16.4. The zero-order chi connectivity index (χ0) is 39.3. The fraction of sp³-hybridized carbons (Fsp3) is 0.630. The van der Waals surface area contributed by atoms with Crippen LogP contribution in [-0.4, -0.2) is 144 Å². The van der Waals surface area contributed by atoms with Gasteiger partial charge >= 0.3 is 5.97 Å². The maximum Gasteiger partial charge on any atom is 0.326 e. The van der Waals surface area contributed by atoms with Crippen LogP contribution in [0.4, 0.5) is 0 Å². The number of amides is 9. The Kier molecular flexibility index (Phi) is 21.3. The third kappa shape index (κ3) is 18.8. The molecular formula is C27H47N11O13. The number of aliphatic carboxylic acids is 1. The molecule has 0 unspecified atom stereocenters. The summed E-state index contributed by atoms with van der Waals surface area (Å²) < 4.78 is 0. The molecule has 24 nitrogen and oxygen atoms in total. The molecular weight excluding hydrogens is 686 g/mol. The molecule has 0 rings (SSSR count). The van der Waals surface area contributed by atoms with E-state index in [1.54, 1.807) is 0 Å². The number of carboxylic acids is 1. The highest BCUT2D eigenvalue weighted by molar-refractivity contribution is 5.97. The Labute approximate surface area is 290 Å². The van der Waals surface area contributed by atoms with E-state index in [0.29, 0.717) is 19.4 Å². The SMILES string of the molecule is C[C@H](N)C(=O)N[C@@H](CCCCN)C(=O)N[C@@H](CO)C(=O)N[C@@H](CC(N)=O)C(=O)NCC(=O)NCC(=O)N[C@@H](CO)C(=O)N[C@@H](CC(N)=O)C(=O)O. The number of aliphatic hydroxyl groups excluding tert-OH is 2. The molecule has 0 heterocycles. The van der Waals surface area contributed by atoms with Gasteiger partial charge in [-0.1, -0.05) is 0 Å². The number of primary amides is 2. The highest BCUT2D eigenvalue weighted by Gasteiger charge is 2.31. The van der Waals surface area contributed by atoms with Crippen LogP contribution in [0.5, 0.6) is 0 Å². The summed E-state index contributed by atoms with van der Waals surface area (Å²) in [7, 11) is 0. The summed E-state index contributed by atoms with van der Waals surface area (Å²) in [4.78, 5) is 121. The largest absolute Gasteiger partial charge is 0.480 e. The molecule has 0 aliphatic heterocycles. The first-order chi connectivity index (χ1) is 23.9. The summed E-state index contributed by atoms with van der Waals surface area (Å²) in [6.45, 7) is -1.91. The van der Waals surface area contributed by atoms with E-state index in [9.17, 15) is 58.2 Å². The van der Waals surface area contributed by atoms with Gasteiger partial charge in [-0.3, -0.25) is 43.2 Å². The van der Waals surface area contributed by atoms with Crippen molar-refractivity contribution in [3.8, 4) is 0 Å². The Morgan fingerprint density at radius 1 is 0.569 bits per heavy atom. The molecule has 0 bridgehead atoms. The first kappa shape index (κ1) is 45.5. The molecule has 0 saturated carbocycles. The molecule has 0 aromatic heterocycles. The second kappa shape index (κ2) is 23.8. The molecule has 18 N–H and O–H groups in total. The molecule has 0 fully saturated rings. The number of carbonyl (C=O) groups excluding carboxylic acids is 9. The Morgan fingerprint density at radius 2 is 1.02 bits per heavy atom. The van der Waals surface area contributed by atoms with E-state index >= 15 is 0 Å². The molecule has 0 aliphatic rings. The third-order valence-corrected chi connectivity index (χ3v) is 6.57. The van der Waals surface area contributed by atoms with Gasteiger partial charge in [0, 0.05) is 0 Å². The van der Waals surface area contributed by atoms with Crippen molar-refractivity contribution >= 4 is 59.1 Å². The summed E-state index contributed by atoms with van der Waals surface area (Å²) >= 11 is 0. The van der Waals surface area contributed by atoms with Crippen molar-refractivity contribution in [3.05, 3.63) is 0 Å². The number of aliphatic hydroxyl groups is 2. The second-order valence-electron chi connectivity index (χ2n) is 11.0. The van der Waals surface area contributed by atoms with Crippen LogP contribution in [0.1, 0.15) is 39.0 Å². The fourth-order valence-corrected chi connectivity index (χ4v) is 3.86. The normalized spacial score (nSPS) is 14.1. The number of rotatable bonds is 25. The number of hydrogen-bond donors (Lipinski definition) is 14. The Bertz CT molecular complexity index is 1280. The van der Waals surface area contributed by atoms with Crippen LogP contribution < -0.4 is 60.2 Å². The van der Waals surface area contributed by atoms with Crippen LogP contribution >= 0.6 is 0 Å². The van der Waals surface area contributed by atoms with Gasteiger partial charge in [0.05, 0.1) is 45.2 Å². The van der Waals surface area contributed by atoms with Crippen molar-refractivity contribution in [2.24, 2.45) is 22.9 Å². The van der Waals surface area contributed by atoms with Crippen LogP contribution in [-0.2, 0) is 47.9 Å². The molecule has 0 aliphatic carbocycles. The smallest absolute Gasteiger partial charge is 0.326 e. The van der Waals surface area contributed by atoms with Gasteiger partial charge in [0.15, 0.2) is 0 Å². The van der Waals surface area contributed by atoms with E-state index in [2.05, 4.69) is 26.6 Å². The van der Waals surface area contributed by atoms with Crippen molar-refractivity contribution in [1.82, 2.24) is 37.2 Å². The minimum atomic E-state index is -1.75. The lowest BCUT2D eigenvalue weighted by atomic mass is 10.1. The first-order valence-corrected chi connectivity index (χ1v) is 15.4. The van der Waals surface area contributed by atoms with Gasteiger partial charge < -0.3 is 75.5 Å². The number of unbranched alkanes of at least 4 members (excludes halogenated alkanes) is 1. The standard InChI is InChI=1S/C27H47N11O13/c1-12(29)22(45)35-13(4-2-3-5-28)24(47)38-17(11-40)26(49)36-14(6-18(30)41)23(46)33-8-20(43)32-9-21(44)34-16(10-39)25(48)37-15(27(50)51)7-19(31)42/h12-17,39-40H,2-11,28-29H2,1H3,(H2,30,41)(H2,31,42)(H,32,43)(H,33,46)(H,34,44)(H,35,45)(H,36,49)(H,37,48)(H,38,47)(H,50,51)/t12-,13-,14-,15-,16-,17-/m0/s1. The maximum absolute atomic E-state index is 12.9. The number of hydrogen-bond acceptors (Lipinski definition) is 14. The van der Waals surface area contributed by atoms with Gasteiger partial charge in [0.2, 0.25) is 53.2 Å². The quantitative estimate of drug-likeness (QED) is 0.0387. The summed E-state index contributed by atoms with van der Waals surface area (Å²) in [5.74, 6) is -10.7. The van der Waals surface area contributed by atoms with Gasteiger partial charge in [-0.2, -0.15) is 0 Å². The van der Waals surface area contributed by atoms with E-state index in [1.165, 1.54) is 6.92 Å². The predicted molar refractivity (Wildman–Crippen MR) is 172 cm³/mol. The zero-order valence-corrected chi connectivity index (χ0v) is 27.8. The van der Waals surface area contributed by atoms with Crippen molar-refractivity contribution in [2.75, 3.05) is 32.8 Å². The van der Waals surface area contributed by atoms with E-state index in [4.69, 9.17) is 28.0 Å². The number of carboxylic acid groups (broad SMARTS) is 1. The van der Waals surface area contributed by atoms with Gasteiger partial charge in [0.25, 0.3) is 0 Å². The first-order valence-electron chi connectivity index (χ1n) is 15.4. The van der Waals surface area contributed by atoms with Crippen LogP contribution in [0, 0.1) is 0 Å². The number of nitrogens with two attached hydrogens (primary N) is 4. The predicted octanol–water partition coefficient (Wildman–Crippen LogP) is -9.06. The minimum absolute atomic E-state index is 0.112. The Hall–Kier alpha value is -5.46. The number of nitrogens with one attached hydrogen (secondary N) is 7. The zero-order valence-electron chi connectivity index (χ0n) is 27.8. The molecule has 0 saturated heterocycles. The van der Waals surface area contributed by atoms with Crippen LogP contribution in [0.3, 0.4) is 0 Å². The van der Waals surface area contributed by atoms with Gasteiger partial charge in [-0.15, -0.1) is 0 Å². The highest BCUT2D eigenvalue weighted by Crippen LogP contribution is 2.03. The number of carbonyl (C=O) groups is 10. The summed E-state index contributed by atoms with van der Waals surface area (Å²) in [5, 5.41) is 43.1. The molecule has 6 atom stereocenters.